The molecule has 1 aromatic rings. The molecular formula is C16H28N2. The van der Waals surface area contributed by atoms with Gasteiger partial charge in [0, 0.05) is 25.3 Å². The van der Waals surface area contributed by atoms with Crippen molar-refractivity contribution in [1.82, 2.24) is 5.32 Å². The molecule has 0 amide bonds. The SMILES string of the molecule is CCC(CNCC(C)C)N(C)c1ccc(C)cc1. The van der Waals surface area contributed by atoms with Crippen molar-refractivity contribution in [2.45, 2.75) is 40.2 Å². The number of likely N-dealkylation sites (N-methyl/N-ethyl adjacent to an activating group) is 1. The number of nitrogens with one attached hydrogen (secondary N) is 1. The highest BCUT2D eigenvalue weighted by Gasteiger charge is 2.12. The van der Waals surface area contributed by atoms with E-state index in [4.69, 9.17) is 0 Å². The van der Waals surface area contributed by atoms with Crippen LogP contribution in [0.15, 0.2) is 24.3 Å². The second kappa shape index (κ2) is 7.42. The summed E-state index contributed by atoms with van der Waals surface area (Å²) in [5.74, 6) is 0.715. The zero-order chi connectivity index (χ0) is 13.5. The molecule has 1 N–H and O–H groups in total. The largest absolute Gasteiger partial charge is 0.370 e. The molecule has 0 bridgehead atoms. The highest BCUT2D eigenvalue weighted by Crippen LogP contribution is 2.17. The molecule has 2 heteroatoms. The van der Waals surface area contributed by atoms with Gasteiger partial charge in [0.15, 0.2) is 0 Å². The van der Waals surface area contributed by atoms with Crippen molar-refractivity contribution < 1.29 is 0 Å². The molecular weight excluding hydrogens is 220 g/mol. The monoisotopic (exact) mass is 248 g/mol. The van der Waals surface area contributed by atoms with Gasteiger partial charge in [-0.15, -0.1) is 0 Å². The molecule has 0 fully saturated rings. The molecule has 102 valence electrons. The van der Waals surface area contributed by atoms with Gasteiger partial charge >= 0.3 is 0 Å². The lowest BCUT2D eigenvalue weighted by molar-refractivity contribution is 0.495. The number of hydrogen-bond acceptors (Lipinski definition) is 2. The maximum atomic E-state index is 3.56. The van der Waals surface area contributed by atoms with Crippen LogP contribution in [0.3, 0.4) is 0 Å². The fraction of sp³-hybridized carbons (Fsp3) is 0.625. The smallest absolute Gasteiger partial charge is 0.0408 e. The van der Waals surface area contributed by atoms with E-state index in [1.165, 1.54) is 11.3 Å². The van der Waals surface area contributed by atoms with Crippen LogP contribution in [0.5, 0.6) is 0 Å². The third kappa shape index (κ3) is 4.69. The molecule has 0 spiro atoms. The lowest BCUT2D eigenvalue weighted by atomic mass is 10.1. The molecule has 0 aromatic heterocycles. The Hall–Kier alpha value is -1.02. The summed E-state index contributed by atoms with van der Waals surface area (Å²) in [6.45, 7) is 11.0. The summed E-state index contributed by atoms with van der Waals surface area (Å²) in [6, 6.07) is 9.34. The van der Waals surface area contributed by atoms with Crippen LogP contribution in [0.2, 0.25) is 0 Å². The highest BCUT2D eigenvalue weighted by atomic mass is 15.2. The lowest BCUT2D eigenvalue weighted by Gasteiger charge is -2.30. The zero-order valence-electron chi connectivity index (χ0n) is 12.5. The number of benzene rings is 1. The molecule has 1 rings (SSSR count). The van der Waals surface area contributed by atoms with Crippen molar-refractivity contribution >= 4 is 5.69 Å². The number of aryl methyl sites for hydroxylation is 1. The molecule has 18 heavy (non-hydrogen) atoms. The van der Waals surface area contributed by atoms with Crippen LogP contribution >= 0.6 is 0 Å². The number of hydrogen-bond donors (Lipinski definition) is 1. The van der Waals surface area contributed by atoms with Crippen molar-refractivity contribution in [3.63, 3.8) is 0 Å². The molecule has 0 aliphatic heterocycles. The van der Waals surface area contributed by atoms with Crippen molar-refractivity contribution in [3.05, 3.63) is 29.8 Å². The molecule has 2 nitrogen and oxygen atoms in total. The first-order chi connectivity index (χ1) is 8.54. The molecule has 0 saturated heterocycles. The topological polar surface area (TPSA) is 15.3 Å². The van der Waals surface area contributed by atoms with Crippen molar-refractivity contribution in [2.24, 2.45) is 5.92 Å². The Kier molecular flexibility index (Phi) is 6.20. The standard InChI is InChI=1S/C16H28N2/c1-6-15(12-17-11-13(2)3)18(5)16-9-7-14(4)8-10-16/h7-10,13,15,17H,6,11-12H2,1-5H3. The van der Waals surface area contributed by atoms with Gasteiger partial charge in [-0.05, 0) is 37.9 Å². The first kappa shape index (κ1) is 15.0. The van der Waals surface area contributed by atoms with E-state index in [1.807, 2.05) is 0 Å². The minimum absolute atomic E-state index is 0.562. The Bertz CT molecular complexity index is 329. The van der Waals surface area contributed by atoms with E-state index in [9.17, 15) is 0 Å². The predicted octanol–water partition coefficient (Wildman–Crippen LogP) is 3.46. The molecule has 1 unspecified atom stereocenters. The van der Waals surface area contributed by atoms with Gasteiger partial charge in [-0.3, -0.25) is 0 Å². The number of nitrogens with zero attached hydrogens (tertiary/aromatic N) is 1. The molecule has 1 atom stereocenters. The van der Waals surface area contributed by atoms with Crippen LogP contribution in [0.25, 0.3) is 0 Å². The van der Waals surface area contributed by atoms with Gasteiger partial charge in [-0.2, -0.15) is 0 Å². The fourth-order valence-electron chi connectivity index (χ4n) is 2.08. The van der Waals surface area contributed by atoms with Crippen LogP contribution in [-0.4, -0.2) is 26.2 Å². The quantitative estimate of drug-likeness (QED) is 0.795. The third-order valence-corrected chi connectivity index (χ3v) is 3.39. The van der Waals surface area contributed by atoms with E-state index in [0.717, 1.165) is 19.5 Å². The van der Waals surface area contributed by atoms with Crippen LogP contribution < -0.4 is 10.2 Å². The molecule has 0 radical (unpaired) electrons. The average molecular weight is 248 g/mol. The van der Waals surface area contributed by atoms with Gasteiger partial charge in [-0.25, -0.2) is 0 Å². The first-order valence-electron chi connectivity index (χ1n) is 7.04. The number of anilines is 1. The summed E-state index contributed by atoms with van der Waals surface area (Å²) in [6.07, 6.45) is 1.16. The van der Waals surface area contributed by atoms with Crippen LogP contribution in [0.4, 0.5) is 5.69 Å². The predicted molar refractivity (Wildman–Crippen MR) is 81.4 cm³/mol. The average Bonchev–Trinajstić information content (AvgIpc) is 2.34. The summed E-state index contributed by atoms with van der Waals surface area (Å²) in [5, 5.41) is 3.56. The lowest BCUT2D eigenvalue weighted by Crippen LogP contribution is -2.40. The van der Waals surface area contributed by atoms with Crippen LogP contribution in [0.1, 0.15) is 32.8 Å². The minimum Gasteiger partial charge on any atom is -0.370 e. The first-order valence-corrected chi connectivity index (χ1v) is 7.04. The van der Waals surface area contributed by atoms with E-state index in [-0.39, 0.29) is 0 Å². The Morgan fingerprint density at radius 1 is 1.11 bits per heavy atom. The van der Waals surface area contributed by atoms with Crippen molar-refractivity contribution in [1.29, 1.82) is 0 Å². The van der Waals surface area contributed by atoms with E-state index in [0.29, 0.717) is 12.0 Å². The second-order valence-electron chi connectivity index (χ2n) is 5.56. The van der Waals surface area contributed by atoms with Crippen LogP contribution in [0, 0.1) is 12.8 Å². The molecule has 0 heterocycles. The van der Waals surface area contributed by atoms with Gasteiger partial charge in [0.2, 0.25) is 0 Å². The maximum Gasteiger partial charge on any atom is 0.0408 e. The van der Waals surface area contributed by atoms with E-state index < -0.39 is 0 Å². The van der Waals surface area contributed by atoms with Gasteiger partial charge in [-0.1, -0.05) is 38.5 Å². The second-order valence-corrected chi connectivity index (χ2v) is 5.56. The number of rotatable bonds is 7. The fourth-order valence-corrected chi connectivity index (χ4v) is 2.08. The van der Waals surface area contributed by atoms with E-state index >= 15 is 0 Å². The zero-order valence-corrected chi connectivity index (χ0v) is 12.5. The Labute approximate surface area is 112 Å². The molecule has 0 saturated carbocycles. The highest BCUT2D eigenvalue weighted by molar-refractivity contribution is 5.47. The van der Waals surface area contributed by atoms with Crippen molar-refractivity contribution in [3.8, 4) is 0 Å². The molecule has 1 aromatic carbocycles. The normalized spacial score (nSPS) is 12.8. The van der Waals surface area contributed by atoms with Gasteiger partial charge in [0.25, 0.3) is 0 Å². The molecule has 0 aliphatic carbocycles. The Balaban J connectivity index is 2.55. The van der Waals surface area contributed by atoms with Crippen LogP contribution in [-0.2, 0) is 0 Å². The maximum absolute atomic E-state index is 3.56. The van der Waals surface area contributed by atoms with E-state index in [2.05, 4.69) is 69.2 Å². The summed E-state index contributed by atoms with van der Waals surface area (Å²) < 4.78 is 0. The van der Waals surface area contributed by atoms with Gasteiger partial charge in [0.05, 0.1) is 0 Å². The molecule has 0 aliphatic rings. The summed E-state index contributed by atoms with van der Waals surface area (Å²) in [7, 11) is 2.19. The van der Waals surface area contributed by atoms with E-state index in [1.54, 1.807) is 0 Å². The van der Waals surface area contributed by atoms with Crippen molar-refractivity contribution in [2.75, 3.05) is 25.0 Å². The Morgan fingerprint density at radius 3 is 2.22 bits per heavy atom. The van der Waals surface area contributed by atoms with Gasteiger partial charge < -0.3 is 10.2 Å². The summed E-state index contributed by atoms with van der Waals surface area (Å²) >= 11 is 0. The summed E-state index contributed by atoms with van der Waals surface area (Å²) in [4.78, 5) is 2.38. The Morgan fingerprint density at radius 2 is 1.72 bits per heavy atom. The minimum atomic E-state index is 0.562. The third-order valence-electron chi connectivity index (χ3n) is 3.39. The van der Waals surface area contributed by atoms with Gasteiger partial charge in [0.1, 0.15) is 0 Å². The summed E-state index contributed by atoms with van der Waals surface area (Å²) in [5.41, 5.74) is 2.62.